The maximum Gasteiger partial charge on any atom is 0.125 e. The Labute approximate surface area is 116 Å². The normalized spacial score (nSPS) is 12.4. The van der Waals surface area contributed by atoms with Crippen LogP contribution in [0.25, 0.3) is 0 Å². The number of benzene rings is 1. The fraction of sp³-hybridized carbons (Fsp3) is 0.286. The molecule has 3 nitrogen and oxygen atoms in total. The molecule has 0 aliphatic heterocycles. The molecule has 1 N–H and O–H groups in total. The number of aromatic nitrogens is 2. The quantitative estimate of drug-likeness (QED) is 0.933. The summed E-state index contributed by atoms with van der Waals surface area (Å²) >= 11 is 6.17. The number of nitrogens with one attached hydrogen (secondary N) is 1. The van der Waals surface area contributed by atoms with E-state index in [0.29, 0.717) is 16.4 Å². The molecule has 2 aromatic rings. The number of hydrogen-bond donors (Lipinski definition) is 1. The van der Waals surface area contributed by atoms with Gasteiger partial charge in [0.05, 0.1) is 11.7 Å². The van der Waals surface area contributed by atoms with Crippen LogP contribution in [0.1, 0.15) is 30.0 Å². The van der Waals surface area contributed by atoms with Crippen LogP contribution in [0.15, 0.2) is 30.5 Å². The maximum absolute atomic E-state index is 13.4. The summed E-state index contributed by atoms with van der Waals surface area (Å²) < 4.78 is 13.4. The van der Waals surface area contributed by atoms with E-state index in [9.17, 15) is 4.39 Å². The molecule has 1 heterocycles. The zero-order valence-electron chi connectivity index (χ0n) is 10.8. The van der Waals surface area contributed by atoms with E-state index in [-0.39, 0.29) is 11.9 Å². The Morgan fingerprint density at radius 1 is 1.37 bits per heavy atom. The van der Waals surface area contributed by atoms with E-state index in [0.717, 1.165) is 12.2 Å². The summed E-state index contributed by atoms with van der Waals surface area (Å²) in [6.45, 7) is 4.52. The average Bonchev–Trinajstić information content (AvgIpc) is 2.39. The van der Waals surface area contributed by atoms with E-state index in [1.165, 1.54) is 12.1 Å². The monoisotopic (exact) mass is 279 g/mol. The van der Waals surface area contributed by atoms with Gasteiger partial charge in [0.25, 0.3) is 0 Å². The maximum atomic E-state index is 13.4. The molecule has 19 heavy (non-hydrogen) atoms. The van der Waals surface area contributed by atoms with Crippen molar-refractivity contribution in [3.8, 4) is 0 Å². The van der Waals surface area contributed by atoms with Crippen molar-refractivity contribution in [3.63, 3.8) is 0 Å². The van der Waals surface area contributed by atoms with Gasteiger partial charge in [-0.3, -0.25) is 0 Å². The van der Waals surface area contributed by atoms with Crippen molar-refractivity contribution in [2.75, 3.05) is 6.54 Å². The highest BCUT2D eigenvalue weighted by molar-refractivity contribution is 6.31. The molecule has 0 aliphatic rings. The number of nitrogens with zero attached hydrogens (tertiary/aromatic N) is 2. The van der Waals surface area contributed by atoms with Gasteiger partial charge in [-0.15, -0.1) is 0 Å². The van der Waals surface area contributed by atoms with Crippen molar-refractivity contribution in [2.45, 2.75) is 19.9 Å². The second-order valence-electron chi connectivity index (χ2n) is 4.19. The van der Waals surface area contributed by atoms with E-state index in [1.54, 1.807) is 12.3 Å². The lowest BCUT2D eigenvalue weighted by atomic mass is 10.0. The second-order valence-corrected chi connectivity index (χ2v) is 4.59. The van der Waals surface area contributed by atoms with Gasteiger partial charge in [-0.05, 0) is 43.3 Å². The molecule has 2 rings (SSSR count). The number of rotatable bonds is 4. The zero-order valence-corrected chi connectivity index (χ0v) is 11.6. The SMILES string of the molecule is CCNC(c1ccnc(C)n1)c1cc(F)ccc1Cl. The minimum Gasteiger partial charge on any atom is -0.305 e. The molecule has 0 radical (unpaired) electrons. The second kappa shape index (κ2) is 6.08. The smallest absolute Gasteiger partial charge is 0.125 e. The van der Waals surface area contributed by atoms with Crippen molar-refractivity contribution in [1.82, 2.24) is 15.3 Å². The van der Waals surface area contributed by atoms with E-state index in [1.807, 2.05) is 19.9 Å². The third-order valence-corrected chi connectivity index (χ3v) is 3.11. The topological polar surface area (TPSA) is 37.8 Å². The van der Waals surface area contributed by atoms with E-state index < -0.39 is 0 Å². The van der Waals surface area contributed by atoms with Crippen LogP contribution >= 0.6 is 11.6 Å². The van der Waals surface area contributed by atoms with Crippen LogP contribution in [0, 0.1) is 12.7 Å². The summed E-state index contributed by atoms with van der Waals surface area (Å²) in [6.07, 6.45) is 1.69. The molecule has 0 fully saturated rings. The Bertz CT molecular complexity index is 574. The van der Waals surface area contributed by atoms with Crippen LogP contribution in [-0.2, 0) is 0 Å². The van der Waals surface area contributed by atoms with Gasteiger partial charge in [-0.25, -0.2) is 14.4 Å². The first-order valence-corrected chi connectivity index (χ1v) is 6.47. The van der Waals surface area contributed by atoms with Gasteiger partial charge < -0.3 is 5.32 Å². The van der Waals surface area contributed by atoms with Crippen LogP contribution in [0.4, 0.5) is 4.39 Å². The molecule has 1 unspecified atom stereocenters. The predicted octanol–water partition coefficient (Wildman–Crippen LogP) is 3.28. The molecule has 0 saturated carbocycles. The average molecular weight is 280 g/mol. The molecule has 0 amide bonds. The molecule has 1 aromatic heterocycles. The minimum absolute atomic E-state index is 0.241. The minimum atomic E-state index is -0.312. The van der Waals surface area contributed by atoms with Crippen molar-refractivity contribution < 1.29 is 4.39 Å². The summed E-state index contributed by atoms with van der Waals surface area (Å²) in [5, 5.41) is 3.79. The third-order valence-electron chi connectivity index (χ3n) is 2.77. The van der Waals surface area contributed by atoms with Crippen LogP contribution in [0.5, 0.6) is 0 Å². The predicted molar refractivity (Wildman–Crippen MR) is 73.7 cm³/mol. The highest BCUT2D eigenvalue weighted by Gasteiger charge is 2.18. The lowest BCUT2D eigenvalue weighted by Gasteiger charge is -2.19. The molecule has 0 spiro atoms. The third kappa shape index (κ3) is 3.28. The van der Waals surface area contributed by atoms with Gasteiger partial charge >= 0.3 is 0 Å². The number of aryl methyl sites for hydroxylation is 1. The Kier molecular flexibility index (Phi) is 4.45. The van der Waals surface area contributed by atoms with Crippen LogP contribution in [-0.4, -0.2) is 16.5 Å². The molecule has 0 aliphatic carbocycles. The Balaban J connectivity index is 2.48. The molecule has 1 aromatic carbocycles. The first kappa shape index (κ1) is 13.9. The van der Waals surface area contributed by atoms with Crippen LogP contribution in [0.2, 0.25) is 5.02 Å². The van der Waals surface area contributed by atoms with Gasteiger partial charge in [-0.1, -0.05) is 18.5 Å². The largest absolute Gasteiger partial charge is 0.305 e. The fourth-order valence-electron chi connectivity index (χ4n) is 1.95. The van der Waals surface area contributed by atoms with Gasteiger partial charge in [0.2, 0.25) is 0 Å². The molecule has 1 atom stereocenters. The Hall–Kier alpha value is -1.52. The fourth-order valence-corrected chi connectivity index (χ4v) is 2.18. The molecular formula is C14H15ClFN3. The van der Waals surface area contributed by atoms with Gasteiger partial charge in [0, 0.05) is 11.2 Å². The summed E-state index contributed by atoms with van der Waals surface area (Å²) in [4.78, 5) is 8.45. The first-order valence-electron chi connectivity index (χ1n) is 6.09. The Morgan fingerprint density at radius 2 is 2.16 bits per heavy atom. The summed E-state index contributed by atoms with van der Waals surface area (Å²) in [6, 6.07) is 5.91. The van der Waals surface area contributed by atoms with Gasteiger partial charge in [-0.2, -0.15) is 0 Å². The van der Waals surface area contributed by atoms with E-state index >= 15 is 0 Å². The number of halogens is 2. The highest BCUT2D eigenvalue weighted by atomic mass is 35.5. The van der Waals surface area contributed by atoms with Gasteiger partial charge in [0.1, 0.15) is 11.6 Å². The van der Waals surface area contributed by atoms with Gasteiger partial charge in [0.15, 0.2) is 0 Å². The van der Waals surface area contributed by atoms with Crippen LogP contribution in [0.3, 0.4) is 0 Å². The summed E-state index contributed by atoms with van der Waals surface area (Å²) in [5.41, 5.74) is 1.46. The van der Waals surface area contributed by atoms with E-state index in [2.05, 4.69) is 15.3 Å². The van der Waals surface area contributed by atoms with Crippen LogP contribution < -0.4 is 5.32 Å². The molecule has 100 valence electrons. The van der Waals surface area contributed by atoms with Crippen molar-refractivity contribution in [3.05, 3.63) is 58.4 Å². The lowest BCUT2D eigenvalue weighted by molar-refractivity contribution is 0.593. The first-order chi connectivity index (χ1) is 9.11. The Morgan fingerprint density at radius 3 is 2.84 bits per heavy atom. The highest BCUT2D eigenvalue weighted by Crippen LogP contribution is 2.28. The number of hydrogen-bond acceptors (Lipinski definition) is 3. The molecule has 0 saturated heterocycles. The summed E-state index contributed by atoms with van der Waals surface area (Å²) in [5.74, 6) is 0.362. The van der Waals surface area contributed by atoms with Crippen molar-refractivity contribution in [2.24, 2.45) is 0 Å². The van der Waals surface area contributed by atoms with Crippen molar-refractivity contribution in [1.29, 1.82) is 0 Å². The van der Waals surface area contributed by atoms with Crippen molar-refractivity contribution >= 4 is 11.6 Å². The summed E-state index contributed by atoms with van der Waals surface area (Å²) in [7, 11) is 0. The molecule has 0 bridgehead atoms. The van der Waals surface area contributed by atoms with E-state index in [4.69, 9.17) is 11.6 Å². The lowest BCUT2D eigenvalue weighted by Crippen LogP contribution is -2.23. The molecule has 5 heteroatoms. The zero-order chi connectivity index (χ0) is 13.8. The molecular weight excluding hydrogens is 265 g/mol. The standard InChI is InChI=1S/C14H15ClFN3/c1-3-17-14(13-6-7-18-9(2)19-13)11-8-10(16)4-5-12(11)15/h4-8,14,17H,3H2,1-2H3.